The summed E-state index contributed by atoms with van der Waals surface area (Å²) in [6.07, 6.45) is 0. The van der Waals surface area contributed by atoms with Gasteiger partial charge in [-0.2, -0.15) is 0 Å². The second kappa shape index (κ2) is 6.18. The van der Waals surface area contributed by atoms with Crippen LogP contribution in [0.25, 0.3) is 21.9 Å². The topological polar surface area (TPSA) is 0 Å². The first-order valence-electron chi connectivity index (χ1n) is 10.0. The van der Waals surface area contributed by atoms with Crippen molar-refractivity contribution in [3.8, 4) is 11.1 Å². The summed E-state index contributed by atoms with van der Waals surface area (Å²) in [6, 6.07) is 45.1. The Labute approximate surface area is 171 Å². The van der Waals surface area contributed by atoms with Crippen LogP contribution < -0.4 is 0 Å². The van der Waals surface area contributed by atoms with Crippen LogP contribution in [-0.2, 0) is 5.41 Å². The summed E-state index contributed by atoms with van der Waals surface area (Å²) < 4.78 is 0. The van der Waals surface area contributed by atoms with Crippen molar-refractivity contribution in [1.82, 2.24) is 0 Å². The molecule has 0 unspecified atom stereocenters. The molecule has 0 saturated carbocycles. The first-order chi connectivity index (χ1) is 14.4. The summed E-state index contributed by atoms with van der Waals surface area (Å²) in [5.74, 6) is 0. The fourth-order valence-electron chi connectivity index (χ4n) is 5.06. The molecule has 0 heterocycles. The Morgan fingerprint density at radius 2 is 1.17 bits per heavy atom. The third-order valence-electron chi connectivity index (χ3n) is 6.24. The van der Waals surface area contributed by atoms with Crippen LogP contribution in [0.1, 0.15) is 22.3 Å². The van der Waals surface area contributed by atoms with E-state index in [9.17, 15) is 0 Å². The molecule has 0 heteroatoms. The van der Waals surface area contributed by atoms with Crippen molar-refractivity contribution in [3.63, 3.8) is 0 Å². The first kappa shape index (κ1) is 16.3. The lowest BCUT2D eigenvalue weighted by Crippen LogP contribution is -2.28. The molecular weight excluding hydrogens is 348 g/mol. The number of hydrogen-bond donors (Lipinski definition) is 0. The minimum atomic E-state index is -0.321. The Morgan fingerprint density at radius 3 is 1.90 bits per heavy atom. The van der Waals surface area contributed by atoms with Crippen molar-refractivity contribution in [3.05, 3.63) is 144 Å². The van der Waals surface area contributed by atoms with E-state index in [2.05, 4.69) is 115 Å². The summed E-state index contributed by atoms with van der Waals surface area (Å²) >= 11 is 0. The number of benzene rings is 5. The molecule has 5 aromatic rings. The zero-order valence-corrected chi connectivity index (χ0v) is 16.0. The van der Waals surface area contributed by atoms with Gasteiger partial charge in [-0.25, -0.2) is 0 Å². The summed E-state index contributed by atoms with van der Waals surface area (Å²) in [5, 5.41) is 2.40. The molecule has 0 aromatic heterocycles. The van der Waals surface area contributed by atoms with Crippen LogP contribution in [0.3, 0.4) is 0 Å². The van der Waals surface area contributed by atoms with Crippen LogP contribution in [0.5, 0.6) is 0 Å². The Kier molecular flexibility index (Phi) is 3.48. The average molecular weight is 367 g/mol. The van der Waals surface area contributed by atoms with Crippen molar-refractivity contribution in [2.75, 3.05) is 0 Å². The van der Waals surface area contributed by atoms with E-state index < -0.39 is 0 Å². The van der Waals surface area contributed by atoms with E-state index in [-0.39, 0.29) is 5.41 Å². The highest BCUT2D eigenvalue weighted by Crippen LogP contribution is 2.56. The van der Waals surface area contributed by atoms with Gasteiger partial charge in [-0.05, 0) is 62.4 Å². The molecule has 5 aromatic carbocycles. The Bertz CT molecular complexity index is 1290. The molecule has 0 N–H and O–H groups in total. The molecule has 0 fully saturated rings. The molecular formula is C29H19. The van der Waals surface area contributed by atoms with Gasteiger partial charge in [-0.15, -0.1) is 0 Å². The zero-order valence-electron chi connectivity index (χ0n) is 16.0. The predicted octanol–water partition coefficient (Wildman–Crippen LogP) is 7.00. The van der Waals surface area contributed by atoms with Gasteiger partial charge < -0.3 is 0 Å². The van der Waals surface area contributed by atoms with Crippen LogP contribution in [0.2, 0.25) is 0 Å². The standard InChI is InChI=1S/C29H19/c1-3-13-23(14-4-1)29(24-15-5-2-6-16-24)27-18-10-9-17-25(27)26-19-21-11-7-8-12-22(21)20-28(26)29/h1-10,12-20H. The van der Waals surface area contributed by atoms with E-state index in [4.69, 9.17) is 0 Å². The van der Waals surface area contributed by atoms with Gasteiger partial charge in [0.2, 0.25) is 0 Å². The van der Waals surface area contributed by atoms with Gasteiger partial charge in [0.25, 0.3) is 0 Å². The lowest BCUT2D eigenvalue weighted by molar-refractivity contribution is 0.769. The van der Waals surface area contributed by atoms with Gasteiger partial charge in [0.1, 0.15) is 0 Å². The Morgan fingerprint density at radius 1 is 0.517 bits per heavy atom. The molecule has 0 bridgehead atoms. The van der Waals surface area contributed by atoms with E-state index in [1.54, 1.807) is 0 Å². The van der Waals surface area contributed by atoms with Gasteiger partial charge in [0.05, 0.1) is 5.41 Å². The molecule has 6 rings (SSSR count). The molecule has 135 valence electrons. The first-order valence-corrected chi connectivity index (χ1v) is 10.0. The lowest BCUT2D eigenvalue weighted by Gasteiger charge is -2.34. The normalized spacial score (nSPS) is 13.8. The maximum absolute atomic E-state index is 3.42. The summed E-state index contributed by atoms with van der Waals surface area (Å²) in [6.45, 7) is 0. The minimum absolute atomic E-state index is 0.321. The van der Waals surface area contributed by atoms with Crippen LogP contribution in [0.15, 0.2) is 115 Å². The van der Waals surface area contributed by atoms with Gasteiger partial charge in [-0.1, -0.05) is 103 Å². The average Bonchev–Trinajstić information content (AvgIpc) is 3.09. The van der Waals surface area contributed by atoms with E-state index in [1.807, 2.05) is 6.07 Å². The highest BCUT2D eigenvalue weighted by Gasteiger charge is 2.45. The molecule has 0 spiro atoms. The molecule has 1 aliphatic carbocycles. The molecule has 1 aliphatic rings. The SMILES string of the molecule is [c]1cccc2cc3c(cc12)-c1ccccc1C3(c1ccccc1)c1ccccc1. The maximum atomic E-state index is 3.42. The monoisotopic (exact) mass is 367 g/mol. The minimum Gasteiger partial charge on any atom is -0.0622 e. The van der Waals surface area contributed by atoms with Gasteiger partial charge in [0, 0.05) is 0 Å². The van der Waals surface area contributed by atoms with E-state index in [0.717, 1.165) is 5.39 Å². The summed E-state index contributed by atoms with van der Waals surface area (Å²) in [4.78, 5) is 0. The smallest absolute Gasteiger partial charge is 0.0622 e. The number of hydrogen-bond acceptors (Lipinski definition) is 0. The van der Waals surface area contributed by atoms with Crippen LogP contribution in [0.4, 0.5) is 0 Å². The molecule has 0 nitrogen and oxygen atoms in total. The second-order valence-electron chi connectivity index (χ2n) is 7.68. The van der Waals surface area contributed by atoms with Crippen molar-refractivity contribution in [2.45, 2.75) is 5.41 Å². The molecule has 0 amide bonds. The van der Waals surface area contributed by atoms with Gasteiger partial charge in [0.15, 0.2) is 0 Å². The number of rotatable bonds is 2. The molecule has 0 aliphatic heterocycles. The van der Waals surface area contributed by atoms with E-state index >= 15 is 0 Å². The fourth-order valence-corrected chi connectivity index (χ4v) is 5.06. The highest BCUT2D eigenvalue weighted by atomic mass is 14.5. The zero-order chi connectivity index (χ0) is 19.3. The van der Waals surface area contributed by atoms with Crippen molar-refractivity contribution < 1.29 is 0 Å². The van der Waals surface area contributed by atoms with Crippen molar-refractivity contribution in [1.29, 1.82) is 0 Å². The van der Waals surface area contributed by atoms with Gasteiger partial charge >= 0.3 is 0 Å². The van der Waals surface area contributed by atoms with Crippen molar-refractivity contribution >= 4 is 10.8 Å². The Balaban J connectivity index is 1.83. The second-order valence-corrected chi connectivity index (χ2v) is 7.68. The highest BCUT2D eigenvalue weighted by molar-refractivity contribution is 5.95. The van der Waals surface area contributed by atoms with Crippen LogP contribution in [0, 0.1) is 6.07 Å². The molecule has 1 radical (unpaired) electrons. The van der Waals surface area contributed by atoms with E-state index in [0.29, 0.717) is 0 Å². The third kappa shape index (κ3) is 2.20. The predicted molar refractivity (Wildman–Crippen MR) is 120 cm³/mol. The summed E-state index contributed by atoms with van der Waals surface area (Å²) in [5.41, 5.74) is 7.61. The molecule has 0 saturated heterocycles. The van der Waals surface area contributed by atoms with Crippen LogP contribution in [-0.4, -0.2) is 0 Å². The van der Waals surface area contributed by atoms with Crippen molar-refractivity contribution in [2.24, 2.45) is 0 Å². The quantitative estimate of drug-likeness (QED) is 0.309. The fraction of sp³-hybridized carbons (Fsp3) is 0.0345. The largest absolute Gasteiger partial charge is 0.0713 e. The lowest BCUT2D eigenvalue weighted by atomic mass is 9.67. The Hall–Kier alpha value is -3.64. The molecule has 29 heavy (non-hydrogen) atoms. The number of fused-ring (bicyclic) bond motifs is 4. The van der Waals surface area contributed by atoms with E-state index in [1.165, 1.54) is 38.8 Å². The molecule has 0 atom stereocenters. The maximum Gasteiger partial charge on any atom is 0.0713 e. The van der Waals surface area contributed by atoms with Crippen LogP contribution >= 0.6 is 0 Å². The summed E-state index contributed by atoms with van der Waals surface area (Å²) in [7, 11) is 0. The van der Waals surface area contributed by atoms with Gasteiger partial charge in [-0.3, -0.25) is 0 Å². The third-order valence-corrected chi connectivity index (χ3v) is 6.24.